The maximum Gasteiger partial charge on any atom is 0.251 e. The van der Waals surface area contributed by atoms with E-state index >= 15 is 0 Å². The molecule has 0 spiro atoms. The maximum absolute atomic E-state index is 12.3. The minimum absolute atomic E-state index is 0.101. The summed E-state index contributed by atoms with van der Waals surface area (Å²) in [6.07, 6.45) is 7.13. The molecule has 0 saturated carbocycles. The number of carbonyl (C=O) groups excluding carboxylic acids is 1. The third-order valence-electron chi connectivity index (χ3n) is 3.32. The first kappa shape index (κ1) is 14.8. The summed E-state index contributed by atoms with van der Waals surface area (Å²) in [5, 5.41) is 4.26. The molecule has 0 bridgehead atoms. The normalized spacial score (nSPS) is 11.0. The number of aromatic nitrogens is 2. The Bertz CT molecular complexity index is 816. The first-order valence-corrected chi connectivity index (χ1v) is 7.18. The van der Waals surface area contributed by atoms with Crippen molar-refractivity contribution in [2.45, 2.75) is 6.42 Å². The molecule has 0 unspecified atom stereocenters. The lowest BCUT2D eigenvalue weighted by molar-refractivity contribution is 0.0898. The van der Waals surface area contributed by atoms with E-state index in [1.165, 1.54) is 4.68 Å². The average molecular weight is 308 g/mol. The van der Waals surface area contributed by atoms with Crippen LogP contribution in [0.15, 0.2) is 59.3 Å². The summed E-state index contributed by atoms with van der Waals surface area (Å²) in [5.74, 6) is 1.37. The van der Waals surface area contributed by atoms with E-state index in [1.807, 2.05) is 36.4 Å². The fourth-order valence-electron chi connectivity index (χ4n) is 2.16. The second kappa shape index (κ2) is 6.79. The lowest BCUT2D eigenvalue weighted by Crippen LogP contribution is -2.14. The van der Waals surface area contributed by atoms with E-state index in [1.54, 1.807) is 37.8 Å². The zero-order chi connectivity index (χ0) is 16.1. The number of carbonyl (C=O) groups is 1. The Morgan fingerprint density at radius 3 is 2.96 bits per heavy atom. The molecule has 0 N–H and O–H groups in total. The van der Waals surface area contributed by atoms with Gasteiger partial charge >= 0.3 is 0 Å². The topological polar surface area (TPSA) is 57.3 Å². The van der Waals surface area contributed by atoms with Gasteiger partial charge in [0.2, 0.25) is 0 Å². The Morgan fingerprint density at radius 1 is 1.26 bits per heavy atom. The molecule has 3 aromatic rings. The second-order valence-corrected chi connectivity index (χ2v) is 4.96. The van der Waals surface area contributed by atoms with Crippen LogP contribution in [0, 0.1) is 0 Å². The molecule has 0 atom stereocenters. The molecule has 2 heterocycles. The highest BCUT2D eigenvalue weighted by atomic mass is 16.5. The fraction of sp³-hybridized carbons (Fsp3) is 0.111. The molecule has 2 aromatic heterocycles. The molecule has 0 aliphatic carbocycles. The molecule has 0 amide bonds. The van der Waals surface area contributed by atoms with E-state index in [0.717, 1.165) is 17.1 Å². The molecule has 5 nitrogen and oxygen atoms in total. The molecule has 116 valence electrons. The number of methoxy groups -OCH3 is 1. The molecule has 5 heteroatoms. The Labute approximate surface area is 133 Å². The number of ether oxygens (including phenoxy) is 1. The van der Waals surface area contributed by atoms with Gasteiger partial charge in [0.25, 0.3) is 5.91 Å². The average Bonchev–Trinajstić information content (AvgIpc) is 3.24. The van der Waals surface area contributed by atoms with Crippen molar-refractivity contribution in [1.29, 1.82) is 0 Å². The van der Waals surface area contributed by atoms with Crippen LogP contribution < -0.4 is 4.74 Å². The third-order valence-corrected chi connectivity index (χ3v) is 3.32. The van der Waals surface area contributed by atoms with Gasteiger partial charge in [-0.15, -0.1) is 0 Å². The van der Waals surface area contributed by atoms with Gasteiger partial charge in [-0.3, -0.25) is 4.79 Å². The Kier molecular flexibility index (Phi) is 4.38. The highest BCUT2D eigenvalue weighted by Crippen LogP contribution is 2.14. The summed E-state index contributed by atoms with van der Waals surface area (Å²) in [7, 11) is 1.60. The summed E-state index contributed by atoms with van der Waals surface area (Å²) in [6, 6.07) is 12.9. The first-order chi connectivity index (χ1) is 11.2. The zero-order valence-electron chi connectivity index (χ0n) is 12.7. The van der Waals surface area contributed by atoms with Gasteiger partial charge in [0.05, 0.1) is 25.5 Å². The Hall–Kier alpha value is -3.08. The van der Waals surface area contributed by atoms with E-state index in [2.05, 4.69) is 5.10 Å². The zero-order valence-corrected chi connectivity index (χ0v) is 12.7. The van der Waals surface area contributed by atoms with E-state index in [-0.39, 0.29) is 12.3 Å². The number of furan rings is 1. The minimum Gasteiger partial charge on any atom is -0.497 e. The number of hydrogen-bond donors (Lipinski definition) is 0. The molecular weight excluding hydrogens is 292 g/mol. The van der Waals surface area contributed by atoms with Crippen LogP contribution in [0.3, 0.4) is 0 Å². The highest BCUT2D eigenvalue weighted by Gasteiger charge is 2.08. The number of benzene rings is 1. The summed E-state index contributed by atoms with van der Waals surface area (Å²) >= 11 is 0. The quantitative estimate of drug-likeness (QED) is 0.723. The predicted octanol–water partition coefficient (Wildman–Crippen LogP) is 3.54. The summed E-state index contributed by atoms with van der Waals surface area (Å²) < 4.78 is 11.7. The standard InChI is InChI=1S/C18H16N2O3/c1-22-17-5-2-4-14(12-17)13-18(21)20-10-9-15(19-20)7-8-16-6-3-11-23-16/h2-12H,13H2,1H3/b8-7+. The van der Waals surface area contributed by atoms with Crippen molar-refractivity contribution in [2.75, 3.05) is 7.11 Å². The molecule has 3 rings (SSSR count). The SMILES string of the molecule is COc1cccc(CC(=O)n2ccc(/C=C/c3ccco3)n2)c1. The molecule has 0 aliphatic rings. The molecule has 0 fully saturated rings. The molecule has 0 radical (unpaired) electrons. The van der Waals surface area contributed by atoms with Gasteiger partial charge in [0.15, 0.2) is 0 Å². The predicted molar refractivity (Wildman–Crippen MR) is 87.2 cm³/mol. The first-order valence-electron chi connectivity index (χ1n) is 7.18. The molecule has 0 saturated heterocycles. The van der Waals surface area contributed by atoms with Crippen molar-refractivity contribution >= 4 is 18.1 Å². The Morgan fingerprint density at radius 2 is 2.17 bits per heavy atom. The second-order valence-electron chi connectivity index (χ2n) is 4.96. The van der Waals surface area contributed by atoms with E-state index in [0.29, 0.717) is 5.69 Å². The molecule has 23 heavy (non-hydrogen) atoms. The van der Waals surface area contributed by atoms with Gasteiger partial charge in [-0.1, -0.05) is 12.1 Å². The third kappa shape index (κ3) is 3.77. The summed E-state index contributed by atoms with van der Waals surface area (Å²) in [6.45, 7) is 0. The number of rotatable bonds is 5. The molecular formula is C18H16N2O3. The summed E-state index contributed by atoms with van der Waals surface area (Å²) in [5.41, 5.74) is 1.58. The van der Waals surface area contributed by atoms with Gasteiger partial charge in [0.1, 0.15) is 11.5 Å². The largest absolute Gasteiger partial charge is 0.497 e. The van der Waals surface area contributed by atoms with Crippen molar-refractivity contribution in [3.63, 3.8) is 0 Å². The van der Waals surface area contributed by atoms with Gasteiger partial charge < -0.3 is 9.15 Å². The lowest BCUT2D eigenvalue weighted by atomic mass is 10.1. The number of nitrogens with zero attached hydrogens (tertiary/aromatic N) is 2. The van der Waals surface area contributed by atoms with Crippen molar-refractivity contribution in [3.8, 4) is 5.75 Å². The highest BCUT2D eigenvalue weighted by molar-refractivity contribution is 5.81. The molecule has 0 aliphatic heterocycles. The Balaban J connectivity index is 1.68. The van der Waals surface area contributed by atoms with Gasteiger partial charge in [-0.2, -0.15) is 5.10 Å². The smallest absolute Gasteiger partial charge is 0.251 e. The minimum atomic E-state index is -0.101. The monoisotopic (exact) mass is 308 g/mol. The van der Waals surface area contributed by atoms with Gasteiger partial charge in [0, 0.05) is 6.20 Å². The van der Waals surface area contributed by atoms with E-state index in [9.17, 15) is 4.79 Å². The van der Waals surface area contributed by atoms with Crippen molar-refractivity contribution in [3.05, 3.63) is 71.9 Å². The van der Waals surface area contributed by atoms with Crippen LogP contribution in [0.1, 0.15) is 21.8 Å². The maximum atomic E-state index is 12.3. The van der Waals surface area contributed by atoms with Gasteiger partial charge in [-0.05, 0) is 48.0 Å². The van der Waals surface area contributed by atoms with Crippen LogP contribution in [0.25, 0.3) is 12.2 Å². The van der Waals surface area contributed by atoms with Crippen LogP contribution in [0.2, 0.25) is 0 Å². The van der Waals surface area contributed by atoms with Crippen LogP contribution in [0.5, 0.6) is 5.75 Å². The van der Waals surface area contributed by atoms with Crippen molar-refractivity contribution in [2.24, 2.45) is 0 Å². The van der Waals surface area contributed by atoms with Crippen LogP contribution >= 0.6 is 0 Å². The van der Waals surface area contributed by atoms with Crippen LogP contribution in [-0.4, -0.2) is 22.8 Å². The van der Waals surface area contributed by atoms with Crippen LogP contribution in [0.4, 0.5) is 0 Å². The van der Waals surface area contributed by atoms with Crippen LogP contribution in [-0.2, 0) is 6.42 Å². The van der Waals surface area contributed by atoms with Gasteiger partial charge in [-0.25, -0.2) is 4.68 Å². The fourth-order valence-corrected chi connectivity index (χ4v) is 2.16. The van der Waals surface area contributed by atoms with Crippen molar-refractivity contribution < 1.29 is 13.9 Å². The number of hydrogen-bond acceptors (Lipinski definition) is 4. The summed E-state index contributed by atoms with van der Waals surface area (Å²) in [4.78, 5) is 12.3. The van der Waals surface area contributed by atoms with E-state index < -0.39 is 0 Å². The van der Waals surface area contributed by atoms with Crippen molar-refractivity contribution in [1.82, 2.24) is 9.78 Å². The van der Waals surface area contributed by atoms with E-state index in [4.69, 9.17) is 9.15 Å². The molecule has 1 aromatic carbocycles. The lowest BCUT2D eigenvalue weighted by Gasteiger charge is -2.04.